The van der Waals surface area contributed by atoms with Crippen molar-refractivity contribution in [3.05, 3.63) is 131 Å². The molecule has 2 amide bonds. The molecule has 0 saturated carbocycles. The number of nitrogen functional groups attached to an aromatic ring is 1. The van der Waals surface area contributed by atoms with Crippen LogP contribution in [0.3, 0.4) is 0 Å². The topological polar surface area (TPSA) is 93.4 Å². The highest BCUT2D eigenvalue weighted by atomic mass is 16.5. The molecule has 0 fully saturated rings. The molecule has 6 nitrogen and oxygen atoms in total. The van der Waals surface area contributed by atoms with Crippen molar-refractivity contribution < 1.29 is 14.3 Å². The van der Waals surface area contributed by atoms with Crippen molar-refractivity contribution in [3.8, 4) is 5.75 Å². The van der Waals surface area contributed by atoms with Gasteiger partial charge in [0.1, 0.15) is 11.8 Å². The van der Waals surface area contributed by atoms with Crippen LogP contribution in [0.1, 0.15) is 28.2 Å². The molecular formula is C31H31N3O3. The maximum atomic E-state index is 13.7. The normalized spacial score (nSPS) is 11.5. The van der Waals surface area contributed by atoms with Crippen molar-refractivity contribution in [2.75, 3.05) is 12.8 Å². The van der Waals surface area contributed by atoms with E-state index >= 15 is 0 Å². The fourth-order valence-electron chi connectivity index (χ4n) is 4.26. The summed E-state index contributed by atoms with van der Waals surface area (Å²) in [6.07, 6.45) is 0.307. The van der Waals surface area contributed by atoms with Crippen molar-refractivity contribution in [2.24, 2.45) is 0 Å². The molecule has 4 N–H and O–H groups in total. The maximum absolute atomic E-state index is 13.7. The molecule has 4 rings (SSSR count). The van der Waals surface area contributed by atoms with Gasteiger partial charge in [0.25, 0.3) is 0 Å². The van der Waals surface area contributed by atoms with E-state index in [9.17, 15) is 9.59 Å². The van der Waals surface area contributed by atoms with Gasteiger partial charge in [-0.25, -0.2) is 0 Å². The summed E-state index contributed by atoms with van der Waals surface area (Å²) in [5.74, 6) is -0.327. The summed E-state index contributed by atoms with van der Waals surface area (Å²) in [6.45, 7) is 0.326. The molecular weight excluding hydrogens is 462 g/mol. The lowest BCUT2D eigenvalue weighted by molar-refractivity contribution is -0.129. The number of nitrogens with two attached hydrogens (primary N) is 1. The Kier molecular flexibility index (Phi) is 8.55. The van der Waals surface area contributed by atoms with Gasteiger partial charge in [-0.05, 0) is 46.5 Å². The second-order valence-electron chi connectivity index (χ2n) is 8.83. The Bertz CT molecular complexity index is 1270. The number of ether oxygens (including phenoxy) is 1. The van der Waals surface area contributed by atoms with E-state index in [4.69, 9.17) is 10.5 Å². The average Bonchev–Trinajstić information content (AvgIpc) is 2.93. The molecule has 6 heteroatoms. The molecule has 0 aliphatic rings. The molecule has 0 heterocycles. The van der Waals surface area contributed by atoms with Gasteiger partial charge in [-0.2, -0.15) is 0 Å². The largest absolute Gasteiger partial charge is 0.497 e. The first kappa shape index (κ1) is 25.5. The van der Waals surface area contributed by atoms with E-state index in [2.05, 4.69) is 10.6 Å². The lowest BCUT2D eigenvalue weighted by Crippen LogP contribution is -2.49. The number of amides is 2. The number of anilines is 1. The predicted molar refractivity (Wildman–Crippen MR) is 146 cm³/mol. The standard InChI is InChI=1S/C31H31N3O3/c1-37-27-17-15-22(16-18-27)21-33-30(35)28(20-23-9-8-14-26(32)19-23)34-31(36)29(24-10-4-2-5-11-24)25-12-6-3-7-13-25/h2-19,28-29H,20-21,32H2,1H3,(H,33,35)(H,34,36). The molecule has 1 unspecified atom stereocenters. The monoisotopic (exact) mass is 493 g/mol. The first-order chi connectivity index (χ1) is 18.0. The Hall–Kier alpha value is -4.58. The van der Waals surface area contributed by atoms with Gasteiger partial charge in [-0.3, -0.25) is 9.59 Å². The summed E-state index contributed by atoms with van der Waals surface area (Å²) in [5.41, 5.74) is 10.1. The first-order valence-corrected chi connectivity index (χ1v) is 12.2. The van der Waals surface area contributed by atoms with Crippen LogP contribution in [0.4, 0.5) is 5.69 Å². The Morgan fingerprint density at radius 1 is 0.757 bits per heavy atom. The van der Waals surface area contributed by atoms with Gasteiger partial charge < -0.3 is 21.1 Å². The molecule has 0 radical (unpaired) electrons. The Morgan fingerprint density at radius 2 is 1.38 bits per heavy atom. The van der Waals surface area contributed by atoms with Crippen LogP contribution in [0.5, 0.6) is 5.75 Å². The zero-order valence-corrected chi connectivity index (χ0v) is 20.8. The van der Waals surface area contributed by atoms with Gasteiger partial charge in [-0.15, -0.1) is 0 Å². The molecule has 4 aromatic rings. The molecule has 0 saturated heterocycles. The van der Waals surface area contributed by atoms with Crippen LogP contribution in [0, 0.1) is 0 Å². The minimum atomic E-state index is -0.789. The SMILES string of the molecule is COc1ccc(CNC(=O)C(Cc2cccc(N)c2)NC(=O)C(c2ccccc2)c2ccccc2)cc1. The average molecular weight is 494 g/mol. The zero-order valence-electron chi connectivity index (χ0n) is 20.8. The third kappa shape index (κ3) is 6.98. The van der Waals surface area contributed by atoms with Gasteiger partial charge in [0.05, 0.1) is 13.0 Å². The highest BCUT2D eigenvalue weighted by Gasteiger charge is 2.28. The van der Waals surface area contributed by atoms with Crippen molar-refractivity contribution in [1.82, 2.24) is 10.6 Å². The Morgan fingerprint density at radius 3 is 1.95 bits per heavy atom. The highest BCUT2D eigenvalue weighted by molar-refractivity contribution is 5.92. The van der Waals surface area contributed by atoms with Gasteiger partial charge in [-0.1, -0.05) is 84.9 Å². The fraction of sp³-hybridized carbons (Fsp3) is 0.161. The second-order valence-corrected chi connectivity index (χ2v) is 8.83. The molecule has 4 aromatic carbocycles. The van der Waals surface area contributed by atoms with Gasteiger partial charge in [0, 0.05) is 18.7 Å². The van der Waals surface area contributed by atoms with E-state index in [1.54, 1.807) is 13.2 Å². The van der Waals surface area contributed by atoms with Gasteiger partial charge in [0.15, 0.2) is 0 Å². The van der Waals surface area contributed by atoms with Crippen LogP contribution in [0.2, 0.25) is 0 Å². The van der Waals surface area contributed by atoms with Crippen molar-refractivity contribution in [1.29, 1.82) is 0 Å². The fourth-order valence-corrected chi connectivity index (χ4v) is 4.26. The highest BCUT2D eigenvalue weighted by Crippen LogP contribution is 2.25. The second kappa shape index (κ2) is 12.4. The summed E-state index contributed by atoms with van der Waals surface area (Å²) >= 11 is 0. The number of benzene rings is 4. The first-order valence-electron chi connectivity index (χ1n) is 12.2. The van der Waals surface area contributed by atoms with E-state index in [1.807, 2.05) is 103 Å². The molecule has 0 aliphatic heterocycles. The van der Waals surface area contributed by atoms with E-state index in [0.29, 0.717) is 18.7 Å². The van der Waals surface area contributed by atoms with Crippen molar-refractivity contribution in [2.45, 2.75) is 24.9 Å². The number of carbonyl (C=O) groups excluding carboxylic acids is 2. The number of hydrogen-bond acceptors (Lipinski definition) is 4. The van der Waals surface area contributed by atoms with E-state index in [0.717, 1.165) is 28.0 Å². The molecule has 0 aromatic heterocycles. The van der Waals surface area contributed by atoms with Crippen LogP contribution in [-0.2, 0) is 22.6 Å². The van der Waals surface area contributed by atoms with Crippen LogP contribution >= 0.6 is 0 Å². The van der Waals surface area contributed by atoms with Crippen LogP contribution in [0.25, 0.3) is 0 Å². The van der Waals surface area contributed by atoms with Crippen molar-refractivity contribution >= 4 is 17.5 Å². The van der Waals surface area contributed by atoms with E-state index in [-0.39, 0.29) is 11.8 Å². The minimum Gasteiger partial charge on any atom is -0.497 e. The van der Waals surface area contributed by atoms with Crippen LogP contribution < -0.4 is 21.1 Å². The summed E-state index contributed by atoms with van der Waals surface area (Å²) < 4.78 is 5.20. The molecule has 37 heavy (non-hydrogen) atoms. The number of methoxy groups -OCH3 is 1. The summed E-state index contributed by atoms with van der Waals surface area (Å²) in [5, 5.41) is 5.99. The Labute approximate surface area is 217 Å². The number of nitrogens with one attached hydrogen (secondary N) is 2. The lowest BCUT2D eigenvalue weighted by Gasteiger charge is -2.23. The Balaban J connectivity index is 1.56. The smallest absolute Gasteiger partial charge is 0.243 e. The van der Waals surface area contributed by atoms with Gasteiger partial charge >= 0.3 is 0 Å². The number of carbonyl (C=O) groups is 2. The van der Waals surface area contributed by atoms with E-state index in [1.165, 1.54) is 0 Å². The summed E-state index contributed by atoms with van der Waals surface area (Å²) in [6, 6.07) is 33.2. The predicted octanol–water partition coefficient (Wildman–Crippen LogP) is 4.45. The number of rotatable bonds is 10. The summed E-state index contributed by atoms with van der Waals surface area (Å²) in [4.78, 5) is 27.1. The van der Waals surface area contributed by atoms with E-state index < -0.39 is 12.0 Å². The molecule has 0 bridgehead atoms. The van der Waals surface area contributed by atoms with Crippen molar-refractivity contribution in [3.63, 3.8) is 0 Å². The molecule has 1 atom stereocenters. The number of hydrogen-bond donors (Lipinski definition) is 3. The lowest BCUT2D eigenvalue weighted by atomic mass is 9.90. The molecule has 0 spiro atoms. The third-order valence-electron chi connectivity index (χ3n) is 6.18. The minimum absolute atomic E-state index is 0.245. The quantitative estimate of drug-likeness (QED) is 0.285. The molecule has 188 valence electrons. The van der Waals surface area contributed by atoms with Crippen LogP contribution in [-0.4, -0.2) is 25.0 Å². The van der Waals surface area contributed by atoms with Crippen LogP contribution in [0.15, 0.2) is 109 Å². The maximum Gasteiger partial charge on any atom is 0.243 e. The molecule has 0 aliphatic carbocycles. The third-order valence-corrected chi connectivity index (χ3v) is 6.18. The van der Waals surface area contributed by atoms with Gasteiger partial charge in [0.2, 0.25) is 11.8 Å². The summed E-state index contributed by atoms with van der Waals surface area (Å²) in [7, 11) is 1.61. The zero-order chi connectivity index (χ0) is 26.0.